The number of nitrogens with one attached hydrogen (secondary N) is 1. The van der Waals surface area contributed by atoms with Gasteiger partial charge in [-0.25, -0.2) is 0 Å². The van der Waals surface area contributed by atoms with E-state index in [4.69, 9.17) is 4.74 Å². The highest BCUT2D eigenvalue weighted by atomic mass is 35.5. The molecule has 1 atom stereocenters. The molecule has 21 heavy (non-hydrogen) atoms. The Labute approximate surface area is 131 Å². The average molecular weight is 311 g/mol. The number of ether oxygens (including phenoxy) is 1. The monoisotopic (exact) mass is 310 g/mol. The van der Waals surface area contributed by atoms with Crippen LogP contribution in [0.4, 0.5) is 0 Å². The summed E-state index contributed by atoms with van der Waals surface area (Å²) in [5.41, 5.74) is 2.12. The predicted octanol–water partition coefficient (Wildman–Crippen LogP) is 2.92. The molecule has 5 heteroatoms. The van der Waals surface area contributed by atoms with Crippen LogP contribution in [0.15, 0.2) is 30.5 Å². The first-order chi connectivity index (χ1) is 9.74. The number of aliphatic hydroxyl groups is 1. The second kappa shape index (κ2) is 8.82. The van der Waals surface area contributed by atoms with E-state index in [1.165, 1.54) is 0 Å². The molecule has 0 aliphatic heterocycles. The second-order valence-electron chi connectivity index (χ2n) is 4.93. The lowest BCUT2D eigenvalue weighted by molar-refractivity contribution is 0.160. The molecule has 0 aliphatic carbocycles. The van der Waals surface area contributed by atoms with E-state index in [2.05, 4.69) is 17.2 Å². The highest BCUT2D eigenvalue weighted by Gasteiger charge is 2.05. The summed E-state index contributed by atoms with van der Waals surface area (Å²) in [6.45, 7) is 3.40. The SMILES string of the molecule is CCCC(O)CNCc1ccnc2ccc(OC)cc12.Cl. The van der Waals surface area contributed by atoms with E-state index >= 15 is 0 Å². The third-order valence-electron chi connectivity index (χ3n) is 3.36. The van der Waals surface area contributed by atoms with Gasteiger partial charge in [0.2, 0.25) is 0 Å². The van der Waals surface area contributed by atoms with Gasteiger partial charge in [0.25, 0.3) is 0 Å². The molecule has 1 unspecified atom stereocenters. The van der Waals surface area contributed by atoms with Crippen molar-refractivity contribution in [3.8, 4) is 5.75 Å². The molecule has 4 nitrogen and oxygen atoms in total. The Morgan fingerprint density at radius 2 is 2.14 bits per heavy atom. The largest absolute Gasteiger partial charge is 0.497 e. The highest BCUT2D eigenvalue weighted by Crippen LogP contribution is 2.22. The normalized spacial score (nSPS) is 12.0. The number of benzene rings is 1. The Bertz CT molecular complexity index is 563. The summed E-state index contributed by atoms with van der Waals surface area (Å²) in [6, 6.07) is 7.88. The van der Waals surface area contributed by atoms with Crippen molar-refractivity contribution in [2.45, 2.75) is 32.4 Å². The van der Waals surface area contributed by atoms with E-state index in [1.807, 2.05) is 30.5 Å². The first-order valence-corrected chi connectivity index (χ1v) is 7.05. The molecular weight excluding hydrogens is 288 g/mol. The van der Waals surface area contributed by atoms with E-state index < -0.39 is 0 Å². The van der Waals surface area contributed by atoms with Gasteiger partial charge in [-0.2, -0.15) is 0 Å². The Hall–Kier alpha value is -1.36. The van der Waals surface area contributed by atoms with Crippen molar-refractivity contribution in [3.63, 3.8) is 0 Å². The molecule has 0 bridgehead atoms. The fourth-order valence-corrected chi connectivity index (χ4v) is 2.27. The molecule has 0 spiro atoms. The molecule has 1 heterocycles. The van der Waals surface area contributed by atoms with Crippen LogP contribution in [0.1, 0.15) is 25.3 Å². The van der Waals surface area contributed by atoms with Gasteiger partial charge in [0.15, 0.2) is 0 Å². The number of aromatic nitrogens is 1. The van der Waals surface area contributed by atoms with E-state index in [0.717, 1.165) is 35.1 Å². The van der Waals surface area contributed by atoms with Gasteiger partial charge >= 0.3 is 0 Å². The fourth-order valence-electron chi connectivity index (χ4n) is 2.27. The Kier molecular flexibility index (Phi) is 7.43. The Morgan fingerprint density at radius 1 is 1.33 bits per heavy atom. The van der Waals surface area contributed by atoms with Crippen molar-refractivity contribution in [3.05, 3.63) is 36.0 Å². The lowest BCUT2D eigenvalue weighted by Crippen LogP contribution is -2.26. The topological polar surface area (TPSA) is 54.4 Å². The average Bonchev–Trinajstić information content (AvgIpc) is 2.47. The van der Waals surface area contributed by atoms with Gasteiger partial charge in [-0.1, -0.05) is 13.3 Å². The minimum absolute atomic E-state index is 0. The van der Waals surface area contributed by atoms with Crippen molar-refractivity contribution >= 4 is 23.3 Å². The molecule has 0 saturated heterocycles. The van der Waals surface area contributed by atoms with Crippen molar-refractivity contribution in [2.75, 3.05) is 13.7 Å². The van der Waals surface area contributed by atoms with Crippen LogP contribution >= 0.6 is 12.4 Å². The van der Waals surface area contributed by atoms with Crippen molar-refractivity contribution in [1.29, 1.82) is 0 Å². The fraction of sp³-hybridized carbons (Fsp3) is 0.438. The van der Waals surface area contributed by atoms with Crippen LogP contribution in [-0.2, 0) is 6.54 Å². The summed E-state index contributed by atoms with van der Waals surface area (Å²) in [7, 11) is 1.66. The first kappa shape index (κ1) is 17.7. The van der Waals surface area contributed by atoms with Gasteiger partial charge in [0.1, 0.15) is 5.75 Å². The van der Waals surface area contributed by atoms with Crippen LogP contribution in [0.5, 0.6) is 5.75 Å². The molecule has 1 aromatic carbocycles. The standard InChI is InChI=1S/C16H22N2O2.ClH/c1-3-4-13(19)11-17-10-12-7-8-18-16-6-5-14(20-2)9-15(12)16;/h5-9,13,17,19H,3-4,10-11H2,1-2H3;1H. The van der Waals surface area contributed by atoms with Crippen LogP contribution in [0.3, 0.4) is 0 Å². The van der Waals surface area contributed by atoms with Crippen LogP contribution in [0, 0.1) is 0 Å². The molecule has 2 aromatic rings. The van der Waals surface area contributed by atoms with Crippen LogP contribution in [-0.4, -0.2) is 29.8 Å². The Balaban J connectivity index is 0.00000220. The summed E-state index contributed by atoms with van der Waals surface area (Å²) >= 11 is 0. The number of pyridine rings is 1. The lowest BCUT2D eigenvalue weighted by atomic mass is 10.1. The summed E-state index contributed by atoms with van der Waals surface area (Å²) in [5, 5.41) is 14.1. The summed E-state index contributed by atoms with van der Waals surface area (Å²) in [6.07, 6.45) is 3.37. The third-order valence-corrected chi connectivity index (χ3v) is 3.36. The maximum absolute atomic E-state index is 9.73. The maximum Gasteiger partial charge on any atom is 0.119 e. The van der Waals surface area contributed by atoms with Gasteiger partial charge in [0, 0.05) is 24.7 Å². The molecule has 2 N–H and O–H groups in total. The lowest BCUT2D eigenvalue weighted by Gasteiger charge is -2.12. The molecule has 116 valence electrons. The van der Waals surface area contributed by atoms with Crippen LogP contribution in [0.25, 0.3) is 10.9 Å². The van der Waals surface area contributed by atoms with E-state index in [9.17, 15) is 5.11 Å². The molecule has 0 radical (unpaired) electrons. The zero-order chi connectivity index (χ0) is 14.4. The number of fused-ring (bicyclic) bond motifs is 1. The summed E-state index contributed by atoms with van der Waals surface area (Å²) in [5.74, 6) is 0.831. The minimum Gasteiger partial charge on any atom is -0.497 e. The molecule has 0 fully saturated rings. The number of rotatable bonds is 7. The van der Waals surface area contributed by atoms with Gasteiger partial charge in [-0.3, -0.25) is 4.98 Å². The predicted molar refractivity (Wildman–Crippen MR) is 88.2 cm³/mol. The number of methoxy groups -OCH3 is 1. The quantitative estimate of drug-likeness (QED) is 0.825. The first-order valence-electron chi connectivity index (χ1n) is 7.05. The molecule has 2 rings (SSSR count). The number of hydrogen-bond acceptors (Lipinski definition) is 4. The van der Waals surface area contributed by atoms with E-state index in [-0.39, 0.29) is 18.5 Å². The smallest absolute Gasteiger partial charge is 0.119 e. The van der Waals surface area contributed by atoms with Crippen molar-refractivity contribution in [2.24, 2.45) is 0 Å². The van der Waals surface area contributed by atoms with Gasteiger partial charge in [-0.15, -0.1) is 12.4 Å². The minimum atomic E-state index is -0.275. The zero-order valence-electron chi connectivity index (χ0n) is 12.5. The third kappa shape index (κ3) is 4.84. The molecule has 1 aromatic heterocycles. The van der Waals surface area contributed by atoms with Crippen LogP contribution < -0.4 is 10.1 Å². The van der Waals surface area contributed by atoms with E-state index in [1.54, 1.807) is 7.11 Å². The zero-order valence-corrected chi connectivity index (χ0v) is 13.3. The number of aliphatic hydroxyl groups excluding tert-OH is 1. The maximum atomic E-state index is 9.73. The summed E-state index contributed by atoms with van der Waals surface area (Å²) in [4.78, 5) is 4.36. The number of halogens is 1. The summed E-state index contributed by atoms with van der Waals surface area (Å²) < 4.78 is 5.26. The van der Waals surface area contributed by atoms with Crippen LogP contribution in [0.2, 0.25) is 0 Å². The molecule has 0 amide bonds. The van der Waals surface area contributed by atoms with Gasteiger partial charge in [0.05, 0.1) is 18.7 Å². The molecular formula is C16H23ClN2O2. The Morgan fingerprint density at radius 3 is 2.86 bits per heavy atom. The highest BCUT2D eigenvalue weighted by molar-refractivity contribution is 5.85. The molecule has 0 saturated carbocycles. The number of nitrogens with zero attached hydrogens (tertiary/aromatic N) is 1. The van der Waals surface area contributed by atoms with E-state index in [0.29, 0.717) is 13.1 Å². The second-order valence-corrected chi connectivity index (χ2v) is 4.93. The van der Waals surface area contributed by atoms with Gasteiger partial charge < -0.3 is 15.2 Å². The van der Waals surface area contributed by atoms with Gasteiger partial charge in [-0.05, 0) is 36.2 Å². The molecule has 0 aliphatic rings. The number of hydrogen-bond donors (Lipinski definition) is 2. The van der Waals surface area contributed by atoms with Crippen molar-refractivity contribution in [1.82, 2.24) is 10.3 Å². The van der Waals surface area contributed by atoms with Crippen molar-refractivity contribution < 1.29 is 9.84 Å².